The van der Waals surface area contributed by atoms with Gasteiger partial charge in [-0.3, -0.25) is 0 Å². The molecule has 0 aromatic heterocycles. The van der Waals surface area contributed by atoms with Gasteiger partial charge in [0.25, 0.3) is 0 Å². The van der Waals surface area contributed by atoms with Gasteiger partial charge in [0.2, 0.25) is 0 Å². The van der Waals surface area contributed by atoms with Crippen LogP contribution in [-0.2, 0) is 16.4 Å². The molecule has 1 aromatic carbocycles. The number of phenolic OH excluding ortho intramolecular Hbond substituents is 1. The van der Waals surface area contributed by atoms with E-state index in [0.717, 1.165) is 16.7 Å². The van der Waals surface area contributed by atoms with E-state index in [-0.39, 0.29) is 11.5 Å². The van der Waals surface area contributed by atoms with Crippen molar-refractivity contribution >= 4 is 9.84 Å². The molecule has 1 rings (SSSR count). The standard InChI is InChI=1S/C13H21NO3S/c1-4-18(16,17)6-5-14-9-12-7-10(2)13(15)11(3)8-12/h7-8,14-15H,4-6,9H2,1-3H3. The Morgan fingerprint density at radius 2 is 1.78 bits per heavy atom. The Labute approximate surface area is 109 Å². The van der Waals surface area contributed by atoms with Gasteiger partial charge >= 0.3 is 0 Å². The first-order valence-corrected chi connectivity index (χ1v) is 7.88. The second-order valence-electron chi connectivity index (χ2n) is 4.49. The van der Waals surface area contributed by atoms with Crippen LogP contribution in [0.2, 0.25) is 0 Å². The Bertz CT molecular complexity index is 486. The van der Waals surface area contributed by atoms with Crippen LogP contribution in [-0.4, -0.2) is 31.6 Å². The Balaban J connectivity index is 2.50. The van der Waals surface area contributed by atoms with E-state index in [1.165, 1.54) is 0 Å². The third-order valence-electron chi connectivity index (χ3n) is 2.91. The van der Waals surface area contributed by atoms with E-state index in [0.29, 0.717) is 18.8 Å². The molecular weight excluding hydrogens is 250 g/mol. The predicted octanol–water partition coefficient (Wildman–Crippen LogP) is 1.53. The number of nitrogens with one attached hydrogen (secondary N) is 1. The predicted molar refractivity (Wildman–Crippen MR) is 73.6 cm³/mol. The molecule has 0 fully saturated rings. The Kier molecular flexibility index (Phi) is 5.16. The highest BCUT2D eigenvalue weighted by molar-refractivity contribution is 7.91. The van der Waals surface area contributed by atoms with Crippen molar-refractivity contribution in [1.82, 2.24) is 5.32 Å². The van der Waals surface area contributed by atoms with Crippen LogP contribution in [0.4, 0.5) is 0 Å². The van der Waals surface area contributed by atoms with E-state index in [9.17, 15) is 13.5 Å². The van der Waals surface area contributed by atoms with Crippen molar-refractivity contribution in [2.75, 3.05) is 18.1 Å². The molecule has 0 aliphatic carbocycles. The SMILES string of the molecule is CCS(=O)(=O)CCNCc1cc(C)c(O)c(C)c1. The van der Waals surface area contributed by atoms with Crippen LogP contribution in [0.5, 0.6) is 5.75 Å². The lowest BCUT2D eigenvalue weighted by molar-refractivity contribution is 0.466. The first kappa shape index (κ1) is 15.0. The minimum Gasteiger partial charge on any atom is -0.507 e. The summed E-state index contributed by atoms with van der Waals surface area (Å²) in [7, 11) is -2.90. The summed E-state index contributed by atoms with van der Waals surface area (Å²) in [6, 6.07) is 3.81. The van der Waals surface area contributed by atoms with E-state index in [4.69, 9.17) is 0 Å². The van der Waals surface area contributed by atoms with Crippen LogP contribution in [0.15, 0.2) is 12.1 Å². The maximum Gasteiger partial charge on any atom is 0.151 e. The van der Waals surface area contributed by atoms with Crippen molar-refractivity contribution in [3.63, 3.8) is 0 Å². The molecule has 0 unspecified atom stereocenters. The summed E-state index contributed by atoms with van der Waals surface area (Å²) in [6.07, 6.45) is 0. The number of benzene rings is 1. The van der Waals surface area contributed by atoms with Gasteiger partial charge in [0.15, 0.2) is 9.84 Å². The van der Waals surface area contributed by atoms with Gasteiger partial charge in [-0.15, -0.1) is 0 Å². The van der Waals surface area contributed by atoms with E-state index >= 15 is 0 Å². The van der Waals surface area contributed by atoms with Crippen molar-refractivity contribution in [1.29, 1.82) is 0 Å². The molecule has 0 amide bonds. The summed E-state index contributed by atoms with van der Waals surface area (Å²) in [5.74, 6) is 0.679. The number of rotatable bonds is 6. The molecule has 0 heterocycles. The number of hydrogen-bond donors (Lipinski definition) is 2. The minimum absolute atomic E-state index is 0.166. The van der Waals surface area contributed by atoms with Crippen molar-refractivity contribution in [2.45, 2.75) is 27.3 Å². The summed E-state index contributed by atoms with van der Waals surface area (Å²) in [5, 5.41) is 12.7. The topological polar surface area (TPSA) is 66.4 Å². The lowest BCUT2D eigenvalue weighted by atomic mass is 10.1. The smallest absolute Gasteiger partial charge is 0.151 e. The average Bonchev–Trinajstić information content (AvgIpc) is 2.31. The molecule has 0 saturated carbocycles. The van der Waals surface area contributed by atoms with Crippen LogP contribution < -0.4 is 5.32 Å². The third kappa shape index (κ3) is 4.31. The Hall–Kier alpha value is -1.07. The van der Waals surface area contributed by atoms with Gasteiger partial charge in [0, 0.05) is 18.8 Å². The summed E-state index contributed by atoms with van der Waals surface area (Å²) >= 11 is 0. The number of aryl methyl sites for hydroxylation is 2. The van der Waals surface area contributed by atoms with Crippen molar-refractivity contribution < 1.29 is 13.5 Å². The maximum atomic E-state index is 11.3. The second-order valence-corrected chi connectivity index (χ2v) is 6.96. The molecule has 0 aliphatic heterocycles. The van der Waals surface area contributed by atoms with Crippen molar-refractivity contribution in [3.05, 3.63) is 28.8 Å². The van der Waals surface area contributed by atoms with Crippen LogP contribution in [0.1, 0.15) is 23.6 Å². The molecule has 2 N–H and O–H groups in total. The van der Waals surface area contributed by atoms with E-state index in [1.54, 1.807) is 6.92 Å². The normalized spacial score (nSPS) is 11.7. The van der Waals surface area contributed by atoms with Crippen molar-refractivity contribution in [2.24, 2.45) is 0 Å². The highest BCUT2D eigenvalue weighted by Crippen LogP contribution is 2.22. The van der Waals surface area contributed by atoms with Gasteiger partial charge in [-0.25, -0.2) is 8.42 Å². The zero-order valence-corrected chi connectivity index (χ0v) is 12.0. The van der Waals surface area contributed by atoms with Crippen LogP contribution in [0, 0.1) is 13.8 Å². The number of aromatic hydroxyl groups is 1. The molecule has 4 nitrogen and oxygen atoms in total. The molecule has 0 bridgehead atoms. The molecule has 0 saturated heterocycles. The van der Waals surface area contributed by atoms with E-state index in [2.05, 4.69) is 5.32 Å². The zero-order chi connectivity index (χ0) is 13.8. The first-order valence-electron chi connectivity index (χ1n) is 6.06. The van der Waals surface area contributed by atoms with Gasteiger partial charge in [-0.1, -0.05) is 19.1 Å². The van der Waals surface area contributed by atoms with Gasteiger partial charge in [-0.05, 0) is 30.5 Å². The molecule has 0 spiro atoms. The fourth-order valence-electron chi connectivity index (χ4n) is 1.75. The molecule has 5 heteroatoms. The molecule has 102 valence electrons. The van der Waals surface area contributed by atoms with Crippen molar-refractivity contribution in [3.8, 4) is 5.75 Å². The molecule has 0 atom stereocenters. The molecule has 0 radical (unpaired) electrons. The number of phenols is 1. The van der Waals surface area contributed by atoms with Gasteiger partial charge in [-0.2, -0.15) is 0 Å². The third-order valence-corrected chi connectivity index (χ3v) is 4.62. The fourth-order valence-corrected chi connectivity index (χ4v) is 2.50. The Morgan fingerprint density at radius 1 is 1.22 bits per heavy atom. The maximum absolute atomic E-state index is 11.3. The zero-order valence-electron chi connectivity index (χ0n) is 11.2. The monoisotopic (exact) mass is 271 g/mol. The summed E-state index contributed by atoms with van der Waals surface area (Å²) in [6.45, 7) is 6.43. The molecule has 1 aromatic rings. The van der Waals surface area contributed by atoms with E-state index in [1.807, 2.05) is 26.0 Å². The molecule has 0 aliphatic rings. The Morgan fingerprint density at radius 3 is 2.28 bits per heavy atom. The fraction of sp³-hybridized carbons (Fsp3) is 0.538. The largest absolute Gasteiger partial charge is 0.507 e. The molecular formula is C13H21NO3S. The van der Waals surface area contributed by atoms with Crippen LogP contribution in [0.25, 0.3) is 0 Å². The van der Waals surface area contributed by atoms with Gasteiger partial charge < -0.3 is 10.4 Å². The summed E-state index contributed by atoms with van der Waals surface area (Å²) in [5.41, 5.74) is 2.73. The number of hydrogen-bond acceptors (Lipinski definition) is 4. The van der Waals surface area contributed by atoms with E-state index < -0.39 is 9.84 Å². The summed E-state index contributed by atoms with van der Waals surface area (Å²) < 4.78 is 22.6. The van der Waals surface area contributed by atoms with Crippen LogP contribution >= 0.6 is 0 Å². The number of sulfone groups is 1. The van der Waals surface area contributed by atoms with Gasteiger partial charge in [0.1, 0.15) is 5.75 Å². The second kappa shape index (κ2) is 6.20. The molecule has 18 heavy (non-hydrogen) atoms. The first-order chi connectivity index (χ1) is 8.35. The summed E-state index contributed by atoms with van der Waals surface area (Å²) in [4.78, 5) is 0. The lowest BCUT2D eigenvalue weighted by Crippen LogP contribution is -2.23. The minimum atomic E-state index is -2.90. The highest BCUT2D eigenvalue weighted by Gasteiger charge is 2.07. The average molecular weight is 271 g/mol. The lowest BCUT2D eigenvalue weighted by Gasteiger charge is -2.09. The quantitative estimate of drug-likeness (QED) is 0.770. The highest BCUT2D eigenvalue weighted by atomic mass is 32.2. The van der Waals surface area contributed by atoms with Gasteiger partial charge in [0.05, 0.1) is 5.75 Å². The van der Waals surface area contributed by atoms with Crippen LogP contribution in [0.3, 0.4) is 0 Å².